The maximum atomic E-state index is 17.0. The molecular weight excluding hydrogens is 597 g/mol. The zero-order chi connectivity index (χ0) is 30.4. The van der Waals surface area contributed by atoms with Crippen LogP contribution in [0, 0.1) is 5.82 Å². The van der Waals surface area contributed by atoms with Crippen LogP contribution in [0.25, 0.3) is 32.9 Å². The van der Waals surface area contributed by atoms with E-state index in [-0.39, 0.29) is 64.6 Å². The number of anilines is 1. The topological polar surface area (TPSA) is 100 Å². The van der Waals surface area contributed by atoms with Gasteiger partial charge >= 0.3 is 5.97 Å². The zero-order valence-electron chi connectivity index (χ0n) is 24.7. The molecule has 0 aliphatic carbocycles. The molecule has 0 spiro atoms. The first-order chi connectivity index (χ1) is 21.9. The highest BCUT2D eigenvalue weighted by molar-refractivity contribution is 6.36. The molecular formula is C34H33ClFN5O4. The lowest BCUT2D eigenvalue weighted by molar-refractivity contribution is -0.134. The van der Waals surface area contributed by atoms with Gasteiger partial charge in [0, 0.05) is 46.2 Å². The monoisotopic (exact) mass is 629 g/mol. The van der Waals surface area contributed by atoms with Crippen LogP contribution in [0.4, 0.5) is 10.1 Å². The van der Waals surface area contributed by atoms with Crippen molar-refractivity contribution >= 4 is 44.9 Å². The minimum Gasteiger partial charge on any atom is -0.508 e. The van der Waals surface area contributed by atoms with Crippen molar-refractivity contribution in [1.82, 2.24) is 20.2 Å². The molecule has 0 radical (unpaired) electrons. The molecule has 2 bridgehead atoms. The van der Waals surface area contributed by atoms with Gasteiger partial charge in [0.1, 0.15) is 23.6 Å². The molecule has 0 saturated carbocycles. The van der Waals surface area contributed by atoms with Crippen LogP contribution in [0.1, 0.15) is 44.9 Å². The minimum absolute atomic E-state index is 0.0220. The second-order valence-corrected chi connectivity index (χ2v) is 13.7. The molecule has 45 heavy (non-hydrogen) atoms. The maximum Gasteiger partial charge on any atom is 0.313 e. The predicted molar refractivity (Wildman–Crippen MR) is 169 cm³/mol. The van der Waals surface area contributed by atoms with Crippen LogP contribution >= 0.6 is 11.6 Å². The van der Waals surface area contributed by atoms with Gasteiger partial charge in [-0.25, -0.2) is 9.37 Å². The first-order valence-electron chi connectivity index (χ1n) is 15.9. The number of hydrogen-bond donors (Lipinski definition) is 2. The molecule has 3 atom stereocenters. The van der Waals surface area contributed by atoms with Gasteiger partial charge in [-0.15, -0.1) is 0 Å². The van der Waals surface area contributed by atoms with Crippen LogP contribution in [0.3, 0.4) is 0 Å². The number of benzene rings is 2. The molecule has 5 aliphatic rings. The normalized spacial score (nSPS) is 25.2. The van der Waals surface area contributed by atoms with Crippen LogP contribution in [-0.4, -0.2) is 75.8 Å². The molecule has 4 aromatic rings. The third kappa shape index (κ3) is 4.22. The number of phenols is 1. The van der Waals surface area contributed by atoms with E-state index in [1.807, 2.05) is 6.07 Å². The van der Waals surface area contributed by atoms with Crippen molar-refractivity contribution in [2.75, 3.05) is 31.1 Å². The summed E-state index contributed by atoms with van der Waals surface area (Å²) in [5.74, 6) is -0.661. The van der Waals surface area contributed by atoms with Crippen molar-refractivity contribution in [2.45, 2.75) is 68.6 Å². The fourth-order valence-electron chi connectivity index (χ4n) is 8.74. The molecule has 2 aromatic heterocycles. The molecule has 4 fully saturated rings. The van der Waals surface area contributed by atoms with Gasteiger partial charge in [0.25, 0.3) is 5.88 Å². The van der Waals surface area contributed by atoms with Crippen LogP contribution in [-0.2, 0) is 4.79 Å². The summed E-state index contributed by atoms with van der Waals surface area (Å²) in [5.41, 5.74) is 0.980. The number of fused-ring (bicyclic) bond motifs is 10. The highest BCUT2D eigenvalue weighted by atomic mass is 35.5. The maximum absolute atomic E-state index is 17.0. The number of aromatic nitrogens is 2. The summed E-state index contributed by atoms with van der Waals surface area (Å²) in [6.45, 7) is 3.11. The minimum atomic E-state index is -0.654. The predicted octanol–water partition coefficient (Wildman–Crippen LogP) is 5.57. The summed E-state index contributed by atoms with van der Waals surface area (Å²) >= 11 is 6.61. The number of esters is 1. The van der Waals surface area contributed by atoms with Crippen LogP contribution < -0.4 is 19.7 Å². The number of aromatic hydroxyl groups is 1. The van der Waals surface area contributed by atoms with Gasteiger partial charge in [-0.3, -0.25) is 14.7 Å². The fraction of sp³-hybridized carbons (Fsp3) is 0.441. The van der Waals surface area contributed by atoms with E-state index in [9.17, 15) is 9.90 Å². The standard InChI is InChI=1S/C34H33ClFN5O4/c35-23-5-1-4-18-12-20(42)13-21(27(18)23)29-28(36)30-22(15-37-29)31-32(33(39-30)44-17-34-8-2-10-40(34)11-3-9-34)45-26(43)14-25-24-7-6-19(38-24)16-41(25)31/h1,4-5,12-13,15,19,24-25,38,42H,2-3,6-11,14,16-17H2. The number of halogens is 2. The van der Waals surface area contributed by atoms with Gasteiger partial charge in [-0.05, 0) is 75.2 Å². The summed E-state index contributed by atoms with van der Waals surface area (Å²) < 4.78 is 29.6. The van der Waals surface area contributed by atoms with Gasteiger partial charge in [0.15, 0.2) is 5.82 Å². The van der Waals surface area contributed by atoms with E-state index in [0.717, 1.165) is 51.6 Å². The van der Waals surface area contributed by atoms with E-state index in [4.69, 9.17) is 26.1 Å². The second-order valence-electron chi connectivity index (χ2n) is 13.3. The van der Waals surface area contributed by atoms with E-state index < -0.39 is 5.82 Å². The summed E-state index contributed by atoms with van der Waals surface area (Å²) in [5, 5.41) is 16.4. The van der Waals surface area contributed by atoms with Crippen molar-refractivity contribution in [1.29, 1.82) is 0 Å². The zero-order valence-corrected chi connectivity index (χ0v) is 25.4. The van der Waals surface area contributed by atoms with Crippen molar-refractivity contribution in [3.05, 3.63) is 47.4 Å². The fourth-order valence-corrected chi connectivity index (χ4v) is 9.02. The van der Waals surface area contributed by atoms with E-state index in [0.29, 0.717) is 45.6 Å². The van der Waals surface area contributed by atoms with Crippen LogP contribution in [0.15, 0.2) is 36.5 Å². The summed E-state index contributed by atoms with van der Waals surface area (Å²) in [7, 11) is 0. The summed E-state index contributed by atoms with van der Waals surface area (Å²) in [6.07, 6.45) is 8.05. The average molecular weight is 630 g/mol. The molecule has 9 rings (SSSR count). The van der Waals surface area contributed by atoms with Crippen molar-refractivity contribution < 1.29 is 23.8 Å². The smallest absolute Gasteiger partial charge is 0.313 e. The highest BCUT2D eigenvalue weighted by Gasteiger charge is 2.47. The molecule has 0 amide bonds. The Labute approximate surface area is 264 Å². The Morgan fingerprint density at radius 2 is 2.04 bits per heavy atom. The number of hydrogen-bond acceptors (Lipinski definition) is 9. The summed E-state index contributed by atoms with van der Waals surface area (Å²) in [4.78, 5) is 27.4. The average Bonchev–Trinajstić information content (AvgIpc) is 3.69. The lowest BCUT2D eigenvalue weighted by Gasteiger charge is -2.41. The third-order valence-corrected chi connectivity index (χ3v) is 11.1. The molecule has 7 heterocycles. The number of nitrogens with zero attached hydrogens (tertiary/aromatic N) is 4. The third-order valence-electron chi connectivity index (χ3n) is 10.8. The lowest BCUT2D eigenvalue weighted by Crippen LogP contribution is -2.58. The van der Waals surface area contributed by atoms with E-state index >= 15 is 4.39 Å². The Hall–Kier alpha value is -3.73. The first-order valence-corrected chi connectivity index (χ1v) is 16.3. The number of phenolic OH excluding ortho intramolecular Hbond substituents is 1. The quantitative estimate of drug-likeness (QED) is 0.281. The number of ether oxygens (including phenoxy) is 2. The van der Waals surface area contributed by atoms with Crippen molar-refractivity contribution in [2.24, 2.45) is 0 Å². The van der Waals surface area contributed by atoms with E-state index in [1.54, 1.807) is 24.4 Å². The Kier molecular flexibility index (Phi) is 6.21. The number of carbonyl (C=O) groups is 1. The molecule has 9 nitrogen and oxygen atoms in total. The number of piperazine rings is 1. The van der Waals surface area contributed by atoms with Gasteiger partial charge in [0.2, 0.25) is 5.75 Å². The van der Waals surface area contributed by atoms with Crippen LogP contribution in [0.5, 0.6) is 17.4 Å². The SMILES string of the molecule is O=C1CC2C3CCC(CN2c2c(c(OCC45CCCN4CCC5)nc4c(F)c(-c5cc(O)cc6cccc(Cl)c56)ncc24)O1)N3. The molecule has 5 aliphatic heterocycles. The van der Waals surface area contributed by atoms with Gasteiger partial charge < -0.3 is 24.8 Å². The molecule has 3 unspecified atom stereocenters. The molecule has 4 saturated heterocycles. The van der Waals surface area contributed by atoms with E-state index in [2.05, 4.69) is 20.1 Å². The van der Waals surface area contributed by atoms with Crippen molar-refractivity contribution in [3.8, 4) is 28.6 Å². The highest BCUT2D eigenvalue weighted by Crippen LogP contribution is 2.49. The van der Waals surface area contributed by atoms with Gasteiger partial charge in [0.05, 0.1) is 23.7 Å². The first kappa shape index (κ1) is 27.6. The Morgan fingerprint density at radius 1 is 1.20 bits per heavy atom. The molecule has 2 aromatic carbocycles. The van der Waals surface area contributed by atoms with Gasteiger partial charge in [-0.1, -0.05) is 23.7 Å². The Bertz CT molecular complexity index is 1890. The van der Waals surface area contributed by atoms with Crippen molar-refractivity contribution in [3.63, 3.8) is 0 Å². The number of carbonyl (C=O) groups excluding carboxylic acids is 1. The molecule has 2 N–H and O–H groups in total. The number of pyridine rings is 2. The Balaban J connectivity index is 1.26. The number of rotatable bonds is 4. The Morgan fingerprint density at radius 3 is 2.89 bits per heavy atom. The molecule has 232 valence electrons. The lowest BCUT2D eigenvalue weighted by atomic mass is 9.95. The van der Waals surface area contributed by atoms with Crippen LogP contribution in [0.2, 0.25) is 5.02 Å². The molecule has 11 heteroatoms. The van der Waals surface area contributed by atoms with E-state index in [1.165, 1.54) is 6.07 Å². The largest absolute Gasteiger partial charge is 0.508 e. The van der Waals surface area contributed by atoms with Gasteiger partial charge in [-0.2, -0.15) is 0 Å². The number of nitrogens with one attached hydrogen (secondary N) is 1. The second kappa shape index (κ2) is 10.1. The summed E-state index contributed by atoms with van der Waals surface area (Å²) in [6, 6.07) is 8.63.